The summed E-state index contributed by atoms with van der Waals surface area (Å²) in [6.45, 7) is 8.25. The number of hydrogen-bond acceptors (Lipinski definition) is 5. The molecule has 1 N–H and O–H groups in total. The molecule has 1 unspecified atom stereocenters. The molecule has 1 aromatic heterocycles. The predicted octanol–water partition coefficient (Wildman–Crippen LogP) is 2.59. The van der Waals surface area contributed by atoms with Crippen molar-refractivity contribution >= 4 is 39.1 Å². The van der Waals surface area contributed by atoms with Gasteiger partial charge in [-0.1, -0.05) is 0 Å². The van der Waals surface area contributed by atoms with Gasteiger partial charge in [0.05, 0.1) is 21.9 Å². The fourth-order valence-electron chi connectivity index (χ4n) is 3.67. The van der Waals surface area contributed by atoms with Gasteiger partial charge >= 0.3 is 0 Å². The summed E-state index contributed by atoms with van der Waals surface area (Å²) >= 11 is 4.73. The largest absolute Gasteiger partial charge is 0.379 e. The molecule has 0 aliphatic carbocycles. The molecule has 3 rings (SSSR count). The van der Waals surface area contributed by atoms with Crippen molar-refractivity contribution in [2.75, 3.05) is 45.9 Å². The van der Waals surface area contributed by atoms with Gasteiger partial charge in [0.1, 0.15) is 6.04 Å². The minimum Gasteiger partial charge on any atom is -0.379 e. The lowest BCUT2D eigenvalue weighted by Crippen LogP contribution is -2.49. The number of carbonyl (C=O) groups is 2. The molecule has 2 saturated heterocycles. The Kier molecular flexibility index (Phi) is 7.69. The average molecular weight is 458 g/mol. The Morgan fingerprint density at radius 2 is 1.96 bits per heavy atom. The number of piperidine rings is 1. The second-order valence-electron chi connectivity index (χ2n) is 7.31. The lowest BCUT2D eigenvalue weighted by atomic mass is 9.93. The van der Waals surface area contributed by atoms with E-state index in [1.165, 1.54) is 17.8 Å². The van der Waals surface area contributed by atoms with Gasteiger partial charge in [-0.25, -0.2) is 0 Å². The molecule has 0 spiro atoms. The summed E-state index contributed by atoms with van der Waals surface area (Å²) in [6, 6.07) is 3.11. The maximum Gasteiger partial charge on any atom is 0.262 e. The molecule has 6 nitrogen and oxygen atoms in total. The van der Waals surface area contributed by atoms with E-state index in [1.54, 1.807) is 13.0 Å². The zero-order valence-electron chi connectivity index (χ0n) is 15.8. The van der Waals surface area contributed by atoms with E-state index in [0.29, 0.717) is 10.8 Å². The fraction of sp³-hybridized carbons (Fsp3) is 0.684. The Labute approximate surface area is 173 Å². The van der Waals surface area contributed by atoms with Crippen LogP contribution in [-0.2, 0) is 9.53 Å². The van der Waals surface area contributed by atoms with E-state index in [0.717, 1.165) is 62.6 Å². The molecule has 0 saturated carbocycles. The highest BCUT2D eigenvalue weighted by Crippen LogP contribution is 2.23. The van der Waals surface area contributed by atoms with Gasteiger partial charge in [-0.3, -0.25) is 14.5 Å². The van der Waals surface area contributed by atoms with Gasteiger partial charge in [0.2, 0.25) is 5.91 Å². The SMILES string of the molecule is CC(NC(=O)c1ccc(Br)s1)C(=O)N1CCC(CCN2CCOCC2)CC1. The quantitative estimate of drug-likeness (QED) is 0.712. The first kappa shape index (κ1) is 20.8. The van der Waals surface area contributed by atoms with E-state index < -0.39 is 6.04 Å². The van der Waals surface area contributed by atoms with Crippen LogP contribution in [-0.4, -0.2) is 73.6 Å². The van der Waals surface area contributed by atoms with Gasteiger partial charge < -0.3 is 15.0 Å². The maximum atomic E-state index is 12.7. The first-order chi connectivity index (χ1) is 13.0. The highest BCUT2D eigenvalue weighted by Gasteiger charge is 2.27. The summed E-state index contributed by atoms with van der Waals surface area (Å²) in [5.74, 6) is 0.516. The van der Waals surface area contributed by atoms with Crippen molar-refractivity contribution in [2.24, 2.45) is 5.92 Å². The van der Waals surface area contributed by atoms with E-state index in [9.17, 15) is 9.59 Å². The molecule has 3 heterocycles. The number of carbonyl (C=O) groups excluding carboxylic acids is 2. The van der Waals surface area contributed by atoms with Gasteiger partial charge in [0.15, 0.2) is 0 Å². The number of likely N-dealkylation sites (tertiary alicyclic amines) is 1. The standard InChI is InChI=1S/C19H28BrN3O3S/c1-14(21-18(24)16-2-3-17(20)27-16)19(25)23-8-5-15(6-9-23)4-7-22-10-12-26-13-11-22/h2-3,14-15H,4-13H2,1H3,(H,21,24). The normalized spacial score (nSPS) is 20.4. The Morgan fingerprint density at radius 1 is 1.26 bits per heavy atom. The number of morpholine rings is 1. The van der Waals surface area contributed by atoms with E-state index in [4.69, 9.17) is 4.74 Å². The number of nitrogens with zero attached hydrogens (tertiary/aromatic N) is 2. The van der Waals surface area contributed by atoms with Gasteiger partial charge in [-0.15, -0.1) is 11.3 Å². The van der Waals surface area contributed by atoms with Crippen LogP contribution in [0.4, 0.5) is 0 Å². The molecule has 27 heavy (non-hydrogen) atoms. The van der Waals surface area contributed by atoms with Crippen molar-refractivity contribution in [1.29, 1.82) is 0 Å². The first-order valence-electron chi connectivity index (χ1n) is 9.68. The summed E-state index contributed by atoms with van der Waals surface area (Å²) in [5.41, 5.74) is 0. The van der Waals surface area contributed by atoms with E-state index in [-0.39, 0.29) is 11.8 Å². The van der Waals surface area contributed by atoms with Crippen LogP contribution in [0.1, 0.15) is 35.9 Å². The van der Waals surface area contributed by atoms with Crippen LogP contribution in [0.25, 0.3) is 0 Å². The molecule has 0 radical (unpaired) electrons. The van der Waals surface area contributed by atoms with E-state index >= 15 is 0 Å². The van der Waals surface area contributed by atoms with Crippen molar-refractivity contribution < 1.29 is 14.3 Å². The Balaban J connectivity index is 1.39. The number of ether oxygens (including phenoxy) is 1. The second kappa shape index (κ2) is 10.0. The molecule has 8 heteroatoms. The van der Waals surface area contributed by atoms with Gasteiger partial charge in [0.25, 0.3) is 5.91 Å². The topological polar surface area (TPSA) is 61.9 Å². The third kappa shape index (κ3) is 6.01. The van der Waals surface area contributed by atoms with Crippen molar-refractivity contribution in [1.82, 2.24) is 15.1 Å². The molecule has 2 amide bonds. The molecule has 150 valence electrons. The molecular weight excluding hydrogens is 430 g/mol. The fourth-order valence-corrected chi connectivity index (χ4v) is 4.96. The van der Waals surface area contributed by atoms with E-state index in [2.05, 4.69) is 26.1 Å². The van der Waals surface area contributed by atoms with Crippen molar-refractivity contribution in [3.05, 3.63) is 20.8 Å². The van der Waals surface area contributed by atoms with Crippen LogP contribution < -0.4 is 5.32 Å². The van der Waals surface area contributed by atoms with E-state index in [1.807, 2.05) is 11.0 Å². The summed E-state index contributed by atoms with van der Waals surface area (Å²) < 4.78 is 6.30. The maximum absolute atomic E-state index is 12.7. The van der Waals surface area contributed by atoms with Crippen LogP contribution in [0.15, 0.2) is 15.9 Å². The Bertz CT molecular complexity index is 640. The zero-order valence-corrected chi connectivity index (χ0v) is 18.2. The molecule has 0 aromatic carbocycles. The third-order valence-corrected chi connectivity index (χ3v) is 7.02. The van der Waals surface area contributed by atoms with Crippen LogP contribution in [0, 0.1) is 5.92 Å². The number of nitrogens with one attached hydrogen (secondary N) is 1. The summed E-state index contributed by atoms with van der Waals surface area (Å²) in [7, 11) is 0. The molecule has 0 bridgehead atoms. The number of thiophene rings is 1. The molecular formula is C19H28BrN3O3S. The van der Waals surface area contributed by atoms with Crippen LogP contribution in [0.2, 0.25) is 0 Å². The minimum atomic E-state index is -0.497. The molecule has 2 fully saturated rings. The minimum absolute atomic E-state index is 0.0191. The lowest BCUT2D eigenvalue weighted by Gasteiger charge is -2.35. The zero-order chi connectivity index (χ0) is 19.2. The highest BCUT2D eigenvalue weighted by atomic mass is 79.9. The lowest BCUT2D eigenvalue weighted by molar-refractivity contribution is -0.134. The Morgan fingerprint density at radius 3 is 2.59 bits per heavy atom. The van der Waals surface area contributed by atoms with Gasteiger partial charge in [0, 0.05) is 26.2 Å². The molecule has 1 atom stereocenters. The summed E-state index contributed by atoms with van der Waals surface area (Å²) in [5, 5.41) is 2.83. The molecule has 2 aliphatic heterocycles. The molecule has 1 aromatic rings. The predicted molar refractivity (Wildman–Crippen MR) is 110 cm³/mol. The van der Waals surface area contributed by atoms with Gasteiger partial charge in [-0.2, -0.15) is 0 Å². The van der Waals surface area contributed by atoms with Crippen molar-refractivity contribution in [3.63, 3.8) is 0 Å². The van der Waals surface area contributed by atoms with Crippen molar-refractivity contribution in [2.45, 2.75) is 32.2 Å². The third-order valence-electron chi connectivity index (χ3n) is 5.40. The molecule has 2 aliphatic rings. The number of halogens is 1. The van der Waals surface area contributed by atoms with Crippen LogP contribution in [0.5, 0.6) is 0 Å². The second-order valence-corrected chi connectivity index (χ2v) is 9.77. The monoisotopic (exact) mass is 457 g/mol. The number of rotatable bonds is 6. The van der Waals surface area contributed by atoms with Crippen molar-refractivity contribution in [3.8, 4) is 0 Å². The number of amides is 2. The van der Waals surface area contributed by atoms with Gasteiger partial charge in [-0.05, 0) is 66.7 Å². The summed E-state index contributed by atoms with van der Waals surface area (Å²) in [4.78, 5) is 29.9. The smallest absolute Gasteiger partial charge is 0.262 e. The Hall–Kier alpha value is -0.960. The van der Waals surface area contributed by atoms with Crippen LogP contribution in [0.3, 0.4) is 0 Å². The number of hydrogen-bond donors (Lipinski definition) is 1. The highest BCUT2D eigenvalue weighted by molar-refractivity contribution is 9.11. The average Bonchev–Trinajstić information content (AvgIpc) is 3.13. The summed E-state index contributed by atoms with van der Waals surface area (Å²) in [6.07, 6.45) is 3.30. The first-order valence-corrected chi connectivity index (χ1v) is 11.3. The van der Waals surface area contributed by atoms with Crippen LogP contribution >= 0.6 is 27.3 Å².